The predicted octanol–water partition coefficient (Wildman–Crippen LogP) is 5.73. The van der Waals surface area contributed by atoms with E-state index in [1.165, 1.54) is 37.4 Å². The molecule has 0 aliphatic heterocycles. The molecule has 0 heterocycles. The van der Waals surface area contributed by atoms with E-state index in [0.717, 1.165) is 0 Å². The monoisotopic (exact) mass is 568 g/mol. The highest BCUT2D eigenvalue weighted by molar-refractivity contribution is 14.1. The largest absolute Gasteiger partial charge is 0.493 e. The van der Waals surface area contributed by atoms with Crippen LogP contribution in [-0.2, 0) is 6.61 Å². The van der Waals surface area contributed by atoms with E-state index in [4.69, 9.17) is 9.47 Å². The smallest absolute Gasteiger partial charge is 0.462 e. The van der Waals surface area contributed by atoms with Gasteiger partial charge in [-0.15, -0.1) is 0 Å². The van der Waals surface area contributed by atoms with Crippen LogP contribution < -0.4 is 14.9 Å². The van der Waals surface area contributed by atoms with Gasteiger partial charge in [0.1, 0.15) is 12.4 Å². The van der Waals surface area contributed by atoms with Crippen LogP contribution in [0.2, 0.25) is 0 Å². The minimum absolute atomic E-state index is 0.0299. The highest BCUT2D eigenvalue weighted by Gasteiger charge is 2.73. The number of ether oxygens (including phenoxy) is 2. The number of benzene rings is 2. The maximum atomic E-state index is 13.2. The number of nitrogens with zero attached hydrogens (tertiary/aromatic N) is 1. The Morgan fingerprint density at radius 1 is 1.06 bits per heavy atom. The molecular formula is C18H13F8IN2O2. The number of rotatable bonds is 8. The van der Waals surface area contributed by atoms with Crippen molar-refractivity contribution in [2.24, 2.45) is 5.10 Å². The average molecular weight is 568 g/mol. The number of alkyl halides is 7. The third kappa shape index (κ3) is 5.89. The number of halogens is 9. The molecule has 2 aromatic rings. The maximum Gasteiger partial charge on any atom is 0.462 e. The normalized spacial score (nSPS) is 12.8. The Bertz CT molecular complexity index is 951. The lowest BCUT2D eigenvalue weighted by Crippen LogP contribution is -2.58. The van der Waals surface area contributed by atoms with E-state index >= 15 is 0 Å². The van der Waals surface area contributed by atoms with E-state index in [2.05, 4.69) is 5.10 Å². The Kier molecular flexibility index (Phi) is 7.60. The van der Waals surface area contributed by atoms with Crippen LogP contribution in [0.4, 0.5) is 35.1 Å². The van der Waals surface area contributed by atoms with Crippen molar-refractivity contribution in [3.63, 3.8) is 0 Å². The van der Waals surface area contributed by atoms with E-state index in [1.807, 2.05) is 0 Å². The molecule has 0 amide bonds. The summed E-state index contributed by atoms with van der Waals surface area (Å²) in [7, 11) is 1.26. The molecule has 0 aromatic heterocycles. The van der Waals surface area contributed by atoms with Gasteiger partial charge in [-0.3, -0.25) is 0 Å². The molecule has 13 heteroatoms. The van der Waals surface area contributed by atoms with Crippen molar-refractivity contribution in [2.45, 2.75) is 24.8 Å². The molecule has 4 nitrogen and oxygen atoms in total. The van der Waals surface area contributed by atoms with E-state index in [-0.39, 0.29) is 23.7 Å². The lowest BCUT2D eigenvalue weighted by atomic mass is 10.2. The van der Waals surface area contributed by atoms with Gasteiger partial charge in [0.25, 0.3) is 0 Å². The summed E-state index contributed by atoms with van der Waals surface area (Å²) in [4.78, 5) is 0. The molecule has 0 saturated heterocycles. The quantitative estimate of drug-likeness (QED) is 0.146. The van der Waals surface area contributed by atoms with Gasteiger partial charge in [-0.25, -0.2) is 9.82 Å². The van der Waals surface area contributed by atoms with Crippen LogP contribution in [0.5, 0.6) is 11.5 Å². The van der Waals surface area contributed by atoms with Crippen LogP contribution in [0, 0.1) is 9.39 Å². The third-order valence-electron chi connectivity index (χ3n) is 3.69. The summed E-state index contributed by atoms with van der Waals surface area (Å²) in [5.74, 6) is -6.49. The fraction of sp³-hybridized carbons (Fsp3) is 0.278. The SMILES string of the molecule is COc1cc(/C=N/NC(F)(F)C(F)(F)C(F)(F)F)cc(I)c1OCc1cccc(F)c1. The van der Waals surface area contributed by atoms with Gasteiger partial charge >= 0.3 is 18.1 Å². The molecular weight excluding hydrogens is 555 g/mol. The van der Waals surface area contributed by atoms with Crippen LogP contribution in [0.25, 0.3) is 0 Å². The van der Waals surface area contributed by atoms with Gasteiger partial charge in [0, 0.05) is 0 Å². The number of methoxy groups -OCH3 is 1. The minimum atomic E-state index is -6.47. The first kappa shape index (κ1) is 24.9. The van der Waals surface area contributed by atoms with Crippen molar-refractivity contribution >= 4 is 28.8 Å². The molecule has 0 saturated carbocycles. The maximum absolute atomic E-state index is 13.2. The standard InChI is InChI=1S/C18H13F8IN2O2/c1-30-14-7-11(8-28-29-18(25,26)16(20,21)17(22,23)24)6-13(27)15(14)31-9-10-3-2-4-12(19)5-10/h2-8,29H,9H2,1H3/b28-8+. The molecule has 31 heavy (non-hydrogen) atoms. The zero-order chi connectivity index (χ0) is 23.4. The Morgan fingerprint density at radius 3 is 2.32 bits per heavy atom. The second-order valence-electron chi connectivity index (χ2n) is 5.97. The Morgan fingerprint density at radius 2 is 1.74 bits per heavy atom. The topological polar surface area (TPSA) is 42.8 Å². The van der Waals surface area contributed by atoms with Gasteiger partial charge in [0.05, 0.1) is 16.9 Å². The van der Waals surface area contributed by atoms with Gasteiger partial charge in [-0.05, 0) is 58.0 Å². The molecule has 0 unspecified atom stereocenters. The Balaban J connectivity index is 2.17. The lowest BCUT2D eigenvalue weighted by molar-refractivity contribution is -0.361. The summed E-state index contributed by atoms with van der Waals surface area (Å²) in [5, 5.41) is 2.80. The molecule has 2 aromatic carbocycles. The first-order chi connectivity index (χ1) is 14.3. The van der Waals surface area contributed by atoms with Gasteiger partial charge in [0.15, 0.2) is 11.5 Å². The predicted molar refractivity (Wildman–Crippen MR) is 103 cm³/mol. The molecule has 0 radical (unpaired) electrons. The van der Waals surface area contributed by atoms with Crippen LogP contribution in [-0.4, -0.2) is 31.5 Å². The van der Waals surface area contributed by atoms with Crippen LogP contribution in [0.1, 0.15) is 11.1 Å². The summed E-state index contributed by atoms with van der Waals surface area (Å²) in [6.45, 7) is -0.0299. The van der Waals surface area contributed by atoms with E-state index in [9.17, 15) is 35.1 Å². The lowest BCUT2D eigenvalue weighted by Gasteiger charge is -2.27. The summed E-state index contributed by atoms with van der Waals surface area (Å²) >= 11 is 1.80. The van der Waals surface area contributed by atoms with Crippen molar-refractivity contribution in [3.8, 4) is 11.5 Å². The minimum Gasteiger partial charge on any atom is -0.493 e. The van der Waals surface area contributed by atoms with Gasteiger partial charge in [0.2, 0.25) is 0 Å². The molecule has 0 aliphatic rings. The molecule has 1 N–H and O–H groups in total. The molecule has 0 spiro atoms. The van der Waals surface area contributed by atoms with E-state index in [1.54, 1.807) is 28.7 Å². The molecule has 0 atom stereocenters. The van der Waals surface area contributed by atoms with Crippen molar-refractivity contribution < 1.29 is 44.6 Å². The second-order valence-corrected chi connectivity index (χ2v) is 7.13. The zero-order valence-corrected chi connectivity index (χ0v) is 17.6. The van der Waals surface area contributed by atoms with E-state index in [0.29, 0.717) is 20.8 Å². The van der Waals surface area contributed by atoms with Crippen LogP contribution in [0.3, 0.4) is 0 Å². The molecule has 2 rings (SSSR count). The Labute approximate surface area is 184 Å². The van der Waals surface area contributed by atoms with Gasteiger partial charge in [-0.1, -0.05) is 12.1 Å². The number of hydrogen-bond donors (Lipinski definition) is 1. The van der Waals surface area contributed by atoms with Crippen molar-refractivity contribution in [3.05, 3.63) is 56.9 Å². The number of hydrazone groups is 1. The fourth-order valence-electron chi connectivity index (χ4n) is 2.17. The summed E-state index contributed by atoms with van der Waals surface area (Å²) in [6.07, 6.45) is -5.86. The molecule has 0 fully saturated rings. The summed E-state index contributed by atoms with van der Waals surface area (Å²) in [6, 6.07) is 2.50. The highest BCUT2D eigenvalue weighted by Crippen LogP contribution is 2.45. The fourth-order valence-corrected chi connectivity index (χ4v) is 2.95. The van der Waals surface area contributed by atoms with Crippen molar-refractivity contribution in [1.82, 2.24) is 5.43 Å². The molecule has 0 bridgehead atoms. The third-order valence-corrected chi connectivity index (χ3v) is 4.49. The number of hydrogen-bond acceptors (Lipinski definition) is 4. The van der Waals surface area contributed by atoms with Crippen LogP contribution >= 0.6 is 22.6 Å². The Hall–Kier alpha value is -2.32. The number of nitrogens with one attached hydrogen (secondary N) is 1. The van der Waals surface area contributed by atoms with Crippen molar-refractivity contribution in [1.29, 1.82) is 0 Å². The van der Waals surface area contributed by atoms with E-state index < -0.39 is 24.0 Å². The van der Waals surface area contributed by atoms with Gasteiger partial charge < -0.3 is 9.47 Å². The van der Waals surface area contributed by atoms with Crippen LogP contribution in [0.15, 0.2) is 41.5 Å². The van der Waals surface area contributed by atoms with Gasteiger partial charge in [-0.2, -0.15) is 35.8 Å². The second kappa shape index (κ2) is 9.44. The first-order valence-corrected chi connectivity index (χ1v) is 9.23. The average Bonchev–Trinajstić information content (AvgIpc) is 2.65. The molecule has 170 valence electrons. The highest BCUT2D eigenvalue weighted by atomic mass is 127. The summed E-state index contributed by atoms with van der Waals surface area (Å²) in [5.41, 5.74) is 1.09. The van der Waals surface area contributed by atoms with Crippen molar-refractivity contribution in [2.75, 3.05) is 7.11 Å². The summed E-state index contributed by atoms with van der Waals surface area (Å²) < 4.78 is 113. The zero-order valence-electron chi connectivity index (χ0n) is 15.4. The molecule has 0 aliphatic carbocycles. The first-order valence-electron chi connectivity index (χ1n) is 8.16.